The lowest BCUT2D eigenvalue weighted by Crippen LogP contribution is -2.39. The van der Waals surface area contributed by atoms with E-state index in [4.69, 9.17) is 10.5 Å². The Morgan fingerprint density at radius 2 is 1.82 bits per heavy atom. The van der Waals surface area contributed by atoms with Crippen molar-refractivity contribution in [1.82, 2.24) is 4.90 Å². The van der Waals surface area contributed by atoms with Crippen LogP contribution in [0.1, 0.15) is 44.9 Å². The van der Waals surface area contributed by atoms with Gasteiger partial charge in [0.25, 0.3) is 0 Å². The molecule has 2 aliphatic rings. The van der Waals surface area contributed by atoms with Gasteiger partial charge in [0.2, 0.25) is 0 Å². The Bertz CT molecular complexity index is 198. The zero-order valence-electron chi connectivity index (χ0n) is 11.1. The molecule has 3 nitrogen and oxygen atoms in total. The average Bonchev–Trinajstić information content (AvgIpc) is 2.83. The third-order valence-electron chi connectivity index (χ3n) is 4.17. The fraction of sp³-hybridized carbons (Fsp3) is 1.00. The van der Waals surface area contributed by atoms with Gasteiger partial charge in [-0.25, -0.2) is 0 Å². The summed E-state index contributed by atoms with van der Waals surface area (Å²) in [7, 11) is 0. The van der Waals surface area contributed by atoms with Crippen LogP contribution in [-0.2, 0) is 4.74 Å². The molecule has 0 aromatic heterocycles. The van der Waals surface area contributed by atoms with E-state index >= 15 is 0 Å². The Kier molecular flexibility index (Phi) is 5.75. The zero-order valence-corrected chi connectivity index (χ0v) is 11.1. The second kappa shape index (κ2) is 7.34. The first kappa shape index (κ1) is 13.3. The molecule has 0 aromatic carbocycles. The highest BCUT2D eigenvalue weighted by atomic mass is 16.5. The Hall–Kier alpha value is -0.120. The van der Waals surface area contributed by atoms with Crippen molar-refractivity contribution in [2.75, 3.05) is 32.8 Å². The summed E-state index contributed by atoms with van der Waals surface area (Å²) < 4.78 is 5.74. The third kappa shape index (κ3) is 4.57. The summed E-state index contributed by atoms with van der Waals surface area (Å²) in [5, 5.41) is 0. The van der Waals surface area contributed by atoms with Gasteiger partial charge in [-0.2, -0.15) is 0 Å². The maximum Gasteiger partial charge on any atom is 0.0702 e. The molecule has 2 fully saturated rings. The molecule has 1 saturated carbocycles. The van der Waals surface area contributed by atoms with E-state index in [1.165, 1.54) is 51.5 Å². The van der Waals surface area contributed by atoms with Crippen LogP contribution in [-0.4, -0.2) is 43.8 Å². The van der Waals surface area contributed by atoms with E-state index in [0.717, 1.165) is 32.2 Å². The molecule has 2 N–H and O–H groups in total. The first-order valence-corrected chi connectivity index (χ1v) is 7.42. The lowest BCUT2D eigenvalue weighted by molar-refractivity contribution is 0.0659. The van der Waals surface area contributed by atoms with Gasteiger partial charge in [-0.3, -0.25) is 4.90 Å². The standard InChI is InChI=1S/C14H28N2O/c15-8-9-16(12-14-7-4-10-17-14)11-13-5-2-1-3-6-13/h13-14H,1-12,15H2. The monoisotopic (exact) mass is 240 g/mol. The molecule has 100 valence electrons. The molecule has 17 heavy (non-hydrogen) atoms. The second-order valence-corrected chi connectivity index (χ2v) is 5.69. The topological polar surface area (TPSA) is 38.5 Å². The number of hydrogen-bond acceptors (Lipinski definition) is 3. The van der Waals surface area contributed by atoms with Crippen LogP contribution in [0.2, 0.25) is 0 Å². The number of ether oxygens (including phenoxy) is 1. The van der Waals surface area contributed by atoms with Gasteiger partial charge in [-0.15, -0.1) is 0 Å². The Balaban J connectivity index is 1.74. The summed E-state index contributed by atoms with van der Waals surface area (Å²) in [5.74, 6) is 0.914. The number of nitrogens with zero attached hydrogens (tertiary/aromatic N) is 1. The average molecular weight is 240 g/mol. The molecule has 1 unspecified atom stereocenters. The maximum atomic E-state index is 5.74. The van der Waals surface area contributed by atoms with Crippen molar-refractivity contribution < 1.29 is 4.74 Å². The summed E-state index contributed by atoms with van der Waals surface area (Å²) in [6.45, 7) is 5.13. The van der Waals surface area contributed by atoms with Gasteiger partial charge in [-0.1, -0.05) is 19.3 Å². The van der Waals surface area contributed by atoms with E-state index < -0.39 is 0 Å². The summed E-state index contributed by atoms with van der Waals surface area (Å²) in [4.78, 5) is 2.55. The van der Waals surface area contributed by atoms with Gasteiger partial charge in [-0.05, 0) is 31.6 Å². The summed E-state index contributed by atoms with van der Waals surface area (Å²) in [5.41, 5.74) is 5.73. The molecule has 1 atom stereocenters. The minimum absolute atomic E-state index is 0.477. The van der Waals surface area contributed by atoms with Crippen LogP contribution in [0.3, 0.4) is 0 Å². The summed E-state index contributed by atoms with van der Waals surface area (Å²) in [6, 6.07) is 0. The molecule has 1 saturated heterocycles. The lowest BCUT2D eigenvalue weighted by Gasteiger charge is -2.30. The van der Waals surface area contributed by atoms with E-state index in [1.54, 1.807) is 0 Å². The Labute approximate surface area is 106 Å². The summed E-state index contributed by atoms with van der Waals surface area (Å²) >= 11 is 0. The molecule has 3 heteroatoms. The predicted molar refractivity (Wildman–Crippen MR) is 71.0 cm³/mol. The largest absolute Gasteiger partial charge is 0.377 e. The highest BCUT2D eigenvalue weighted by Gasteiger charge is 2.22. The fourth-order valence-electron chi connectivity index (χ4n) is 3.25. The van der Waals surface area contributed by atoms with E-state index in [9.17, 15) is 0 Å². The molecule has 0 spiro atoms. The van der Waals surface area contributed by atoms with Crippen molar-refractivity contribution in [3.63, 3.8) is 0 Å². The van der Waals surface area contributed by atoms with Gasteiger partial charge in [0.15, 0.2) is 0 Å². The fourth-order valence-corrected chi connectivity index (χ4v) is 3.25. The van der Waals surface area contributed by atoms with Crippen LogP contribution in [0.5, 0.6) is 0 Å². The van der Waals surface area contributed by atoms with E-state index in [-0.39, 0.29) is 0 Å². The predicted octanol–water partition coefficient (Wildman–Crippen LogP) is 2.01. The Morgan fingerprint density at radius 1 is 1.00 bits per heavy atom. The molecule has 0 bridgehead atoms. The highest BCUT2D eigenvalue weighted by Crippen LogP contribution is 2.25. The van der Waals surface area contributed by atoms with Crippen molar-refractivity contribution in [2.24, 2.45) is 11.7 Å². The second-order valence-electron chi connectivity index (χ2n) is 5.69. The van der Waals surface area contributed by atoms with Crippen LogP contribution < -0.4 is 5.73 Å². The molecule has 0 amide bonds. The minimum atomic E-state index is 0.477. The third-order valence-corrected chi connectivity index (χ3v) is 4.17. The van der Waals surface area contributed by atoms with Crippen molar-refractivity contribution >= 4 is 0 Å². The van der Waals surface area contributed by atoms with Crippen LogP contribution >= 0.6 is 0 Å². The Morgan fingerprint density at radius 3 is 2.47 bits per heavy atom. The molecule has 0 aromatic rings. The minimum Gasteiger partial charge on any atom is -0.377 e. The molecule has 1 aliphatic heterocycles. The first-order valence-electron chi connectivity index (χ1n) is 7.42. The van der Waals surface area contributed by atoms with E-state index in [2.05, 4.69) is 4.90 Å². The van der Waals surface area contributed by atoms with Crippen LogP contribution in [0, 0.1) is 5.92 Å². The van der Waals surface area contributed by atoms with Crippen molar-refractivity contribution in [1.29, 1.82) is 0 Å². The van der Waals surface area contributed by atoms with Crippen molar-refractivity contribution in [2.45, 2.75) is 51.0 Å². The van der Waals surface area contributed by atoms with Crippen molar-refractivity contribution in [3.8, 4) is 0 Å². The molecule has 1 aliphatic carbocycles. The summed E-state index contributed by atoms with van der Waals surface area (Å²) in [6.07, 6.45) is 10.1. The smallest absolute Gasteiger partial charge is 0.0702 e. The number of hydrogen-bond donors (Lipinski definition) is 1. The quantitative estimate of drug-likeness (QED) is 0.772. The van der Waals surface area contributed by atoms with Gasteiger partial charge in [0.1, 0.15) is 0 Å². The molecule has 2 rings (SSSR count). The molecular formula is C14H28N2O. The van der Waals surface area contributed by atoms with Gasteiger partial charge < -0.3 is 10.5 Å². The van der Waals surface area contributed by atoms with Crippen LogP contribution in [0.25, 0.3) is 0 Å². The van der Waals surface area contributed by atoms with Gasteiger partial charge in [0.05, 0.1) is 6.10 Å². The van der Waals surface area contributed by atoms with Crippen LogP contribution in [0.4, 0.5) is 0 Å². The SMILES string of the molecule is NCCN(CC1CCCCC1)CC1CCCO1. The normalized spacial score (nSPS) is 26.8. The maximum absolute atomic E-state index is 5.74. The lowest BCUT2D eigenvalue weighted by atomic mass is 9.89. The molecular weight excluding hydrogens is 212 g/mol. The highest BCUT2D eigenvalue weighted by molar-refractivity contribution is 4.75. The van der Waals surface area contributed by atoms with Gasteiger partial charge >= 0.3 is 0 Å². The van der Waals surface area contributed by atoms with E-state index in [0.29, 0.717) is 6.10 Å². The molecule has 0 radical (unpaired) electrons. The zero-order chi connectivity index (χ0) is 11.9. The van der Waals surface area contributed by atoms with Gasteiger partial charge in [0, 0.05) is 32.8 Å². The van der Waals surface area contributed by atoms with Crippen LogP contribution in [0.15, 0.2) is 0 Å². The van der Waals surface area contributed by atoms with Crippen molar-refractivity contribution in [3.05, 3.63) is 0 Å². The van der Waals surface area contributed by atoms with E-state index in [1.807, 2.05) is 0 Å². The number of rotatable bonds is 6. The first-order chi connectivity index (χ1) is 8.38. The molecule has 1 heterocycles. The number of nitrogens with two attached hydrogens (primary N) is 1.